The van der Waals surface area contributed by atoms with E-state index in [0.717, 1.165) is 12.1 Å². The van der Waals surface area contributed by atoms with Gasteiger partial charge in [0.25, 0.3) is 0 Å². The molecule has 5 nitrogen and oxygen atoms in total. The Morgan fingerprint density at radius 2 is 2.13 bits per heavy atom. The first-order valence-corrected chi connectivity index (χ1v) is 7.56. The van der Waals surface area contributed by atoms with Crippen molar-refractivity contribution in [2.75, 3.05) is 13.1 Å². The smallest absolute Gasteiger partial charge is 0.222 e. The van der Waals surface area contributed by atoms with Gasteiger partial charge in [-0.1, -0.05) is 12.1 Å². The number of amides is 1. The highest BCUT2D eigenvalue weighted by Crippen LogP contribution is 2.28. The molecule has 1 saturated heterocycles. The lowest BCUT2D eigenvalue weighted by atomic mass is 10.1. The fourth-order valence-corrected chi connectivity index (χ4v) is 2.69. The Balaban J connectivity index is 1.83. The molecule has 0 spiro atoms. The molecule has 1 fully saturated rings. The van der Waals surface area contributed by atoms with Crippen molar-refractivity contribution in [3.63, 3.8) is 0 Å². The number of benzene rings is 1. The van der Waals surface area contributed by atoms with Crippen LogP contribution in [-0.4, -0.2) is 33.9 Å². The van der Waals surface area contributed by atoms with E-state index in [1.54, 1.807) is 36.1 Å². The molecule has 1 atom stereocenters. The summed E-state index contributed by atoms with van der Waals surface area (Å²) >= 11 is 0. The molecule has 0 aliphatic carbocycles. The van der Waals surface area contributed by atoms with Crippen molar-refractivity contribution in [3.8, 4) is 11.6 Å². The number of hydrogen-bond donors (Lipinski definition) is 0. The second-order valence-corrected chi connectivity index (χ2v) is 5.69. The average Bonchev–Trinajstić information content (AvgIpc) is 2.99. The van der Waals surface area contributed by atoms with Gasteiger partial charge >= 0.3 is 0 Å². The topological polar surface area (TPSA) is 55.3 Å². The fraction of sp³-hybridized carbons (Fsp3) is 0.353. The first-order chi connectivity index (χ1) is 11.0. The Labute approximate surface area is 134 Å². The Morgan fingerprint density at radius 1 is 1.35 bits per heavy atom. The van der Waals surface area contributed by atoms with Crippen LogP contribution in [0.15, 0.2) is 30.3 Å². The van der Waals surface area contributed by atoms with E-state index < -0.39 is 5.82 Å². The summed E-state index contributed by atoms with van der Waals surface area (Å²) < 4.78 is 19.3. The van der Waals surface area contributed by atoms with E-state index in [-0.39, 0.29) is 17.6 Å². The number of aryl methyl sites for hydroxylation is 1. The van der Waals surface area contributed by atoms with Crippen LogP contribution in [0.1, 0.15) is 30.8 Å². The van der Waals surface area contributed by atoms with Crippen LogP contribution in [0.5, 0.6) is 11.6 Å². The molecule has 0 N–H and O–H groups in total. The largest absolute Gasteiger partial charge is 0.436 e. The van der Waals surface area contributed by atoms with E-state index in [4.69, 9.17) is 4.74 Å². The molecule has 0 saturated carbocycles. The van der Waals surface area contributed by atoms with Gasteiger partial charge in [0.1, 0.15) is 5.82 Å². The minimum Gasteiger partial charge on any atom is -0.436 e. The van der Waals surface area contributed by atoms with Crippen LogP contribution in [0.3, 0.4) is 0 Å². The number of likely N-dealkylation sites (tertiary alicyclic amines) is 1. The SMILES string of the molecule is CC(=O)N1CC[C@@H](c2nc(C)cc(Oc3ccccc3F)n2)C1. The summed E-state index contributed by atoms with van der Waals surface area (Å²) in [5.41, 5.74) is 0.752. The van der Waals surface area contributed by atoms with Crippen molar-refractivity contribution >= 4 is 5.91 Å². The maximum Gasteiger partial charge on any atom is 0.222 e. The maximum absolute atomic E-state index is 13.7. The highest BCUT2D eigenvalue weighted by molar-refractivity contribution is 5.73. The van der Waals surface area contributed by atoms with Crippen LogP contribution in [-0.2, 0) is 4.79 Å². The number of hydrogen-bond acceptors (Lipinski definition) is 4. The van der Waals surface area contributed by atoms with Crippen molar-refractivity contribution in [3.05, 3.63) is 47.7 Å². The molecule has 0 radical (unpaired) electrons. The molecule has 3 rings (SSSR count). The Kier molecular flexibility index (Phi) is 4.23. The number of ether oxygens (including phenoxy) is 1. The monoisotopic (exact) mass is 315 g/mol. The zero-order chi connectivity index (χ0) is 16.4. The molecular formula is C17H18FN3O2. The molecule has 6 heteroatoms. The number of nitrogens with zero attached hydrogens (tertiary/aromatic N) is 3. The zero-order valence-corrected chi connectivity index (χ0v) is 13.1. The molecule has 2 aromatic rings. The number of aromatic nitrogens is 2. The minimum absolute atomic E-state index is 0.0583. The van der Waals surface area contributed by atoms with Crippen LogP contribution >= 0.6 is 0 Å². The third-order valence-corrected chi connectivity index (χ3v) is 3.90. The van der Waals surface area contributed by atoms with Crippen molar-refractivity contribution in [2.45, 2.75) is 26.2 Å². The summed E-state index contributed by atoms with van der Waals surface area (Å²) in [6.45, 7) is 4.72. The third kappa shape index (κ3) is 3.47. The number of rotatable bonds is 3. The Hall–Kier alpha value is -2.50. The Morgan fingerprint density at radius 3 is 2.83 bits per heavy atom. The van der Waals surface area contributed by atoms with Crippen LogP contribution < -0.4 is 4.74 Å². The summed E-state index contributed by atoms with van der Waals surface area (Å²) in [4.78, 5) is 22.1. The standard InChI is InChI=1S/C17H18FN3O2/c1-11-9-16(23-15-6-4-3-5-14(15)18)20-17(19-11)13-7-8-21(10-13)12(2)22/h3-6,9,13H,7-8,10H2,1-2H3/t13-/m1/s1. The number of halogens is 1. The van der Waals surface area contributed by atoms with Gasteiger partial charge in [-0.25, -0.2) is 9.37 Å². The van der Waals surface area contributed by atoms with Crippen molar-refractivity contribution < 1.29 is 13.9 Å². The maximum atomic E-state index is 13.7. The highest BCUT2D eigenvalue weighted by atomic mass is 19.1. The second-order valence-electron chi connectivity index (χ2n) is 5.69. The number of carbonyl (C=O) groups is 1. The summed E-state index contributed by atoms with van der Waals surface area (Å²) in [7, 11) is 0. The van der Waals surface area contributed by atoms with Gasteiger partial charge in [0.05, 0.1) is 0 Å². The normalized spacial score (nSPS) is 17.3. The van der Waals surface area contributed by atoms with Crippen LogP contribution in [0.25, 0.3) is 0 Å². The van der Waals surface area contributed by atoms with Gasteiger partial charge in [-0.2, -0.15) is 4.98 Å². The first kappa shape index (κ1) is 15.4. The molecule has 1 aliphatic rings. The van der Waals surface area contributed by atoms with E-state index in [1.807, 2.05) is 6.92 Å². The molecule has 2 heterocycles. The lowest BCUT2D eigenvalue weighted by molar-refractivity contribution is -0.127. The lowest BCUT2D eigenvalue weighted by Crippen LogP contribution is -2.25. The van der Waals surface area contributed by atoms with Crippen molar-refractivity contribution in [1.29, 1.82) is 0 Å². The quantitative estimate of drug-likeness (QED) is 0.873. The summed E-state index contributed by atoms with van der Waals surface area (Å²) in [5, 5.41) is 0. The van der Waals surface area contributed by atoms with E-state index in [0.29, 0.717) is 24.8 Å². The molecule has 1 aromatic heterocycles. The molecule has 1 amide bonds. The minimum atomic E-state index is -0.436. The van der Waals surface area contributed by atoms with Crippen LogP contribution in [0.2, 0.25) is 0 Å². The molecule has 0 unspecified atom stereocenters. The van der Waals surface area contributed by atoms with Gasteiger partial charge in [0, 0.05) is 37.7 Å². The first-order valence-electron chi connectivity index (χ1n) is 7.56. The van der Waals surface area contributed by atoms with Crippen molar-refractivity contribution in [2.24, 2.45) is 0 Å². The van der Waals surface area contributed by atoms with E-state index in [1.165, 1.54) is 6.07 Å². The number of carbonyl (C=O) groups excluding carboxylic acids is 1. The summed E-state index contributed by atoms with van der Waals surface area (Å²) in [6.07, 6.45) is 0.822. The van der Waals surface area contributed by atoms with Gasteiger partial charge in [0.15, 0.2) is 11.6 Å². The molecule has 1 aliphatic heterocycles. The second kappa shape index (κ2) is 6.32. The zero-order valence-electron chi connectivity index (χ0n) is 13.1. The fourth-order valence-electron chi connectivity index (χ4n) is 2.69. The Bertz CT molecular complexity index is 736. The third-order valence-electron chi connectivity index (χ3n) is 3.90. The summed E-state index contributed by atoms with van der Waals surface area (Å²) in [6, 6.07) is 7.88. The molecular weight excluding hydrogens is 297 g/mol. The predicted octanol–water partition coefficient (Wildman–Crippen LogP) is 3.05. The van der Waals surface area contributed by atoms with E-state index >= 15 is 0 Å². The highest BCUT2D eigenvalue weighted by Gasteiger charge is 2.28. The van der Waals surface area contributed by atoms with Gasteiger partial charge in [0.2, 0.25) is 11.8 Å². The van der Waals surface area contributed by atoms with E-state index in [9.17, 15) is 9.18 Å². The molecule has 23 heavy (non-hydrogen) atoms. The molecule has 1 aromatic carbocycles. The average molecular weight is 315 g/mol. The number of para-hydroxylation sites is 1. The van der Waals surface area contributed by atoms with Crippen molar-refractivity contribution in [1.82, 2.24) is 14.9 Å². The van der Waals surface area contributed by atoms with Crippen LogP contribution in [0.4, 0.5) is 4.39 Å². The molecule has 0 bridgehead atoms. The molecule has 120 valence electrons. The van der Waals surface area contributed by atoms with Gasteiger partial charge < -0.3 is 9.64 Å². The summed E-state index contributed by atoms with van der Waals surface area (Å²) in [5.74, 6) is 0.797. The predicted molar refractivity (Wildman–Crippen MR) is 82.9 cm³/mol. The van der Waals surface area contributed by atoms with Gasteiger partial charge in [-0.05, 0) is 25.5 Å². The lowest BCUT2D eigenvalue weighted by Gasteiger charge is -2.14. The van der Waals surface area contributed by atoms with E-state index in [2.05, 4.69) is 9.97 Å². The van der Waals surface area contributed by atoms with Gasteiger partial charge in [-0.3, -0.25) is 4.79 Å². The van der Waals surface area contributed by atoms with Crippen LogP contribution in [0, 0.1) is 12.7 Å². The van der Waals surface area contributed by atoms with Gasteiger partial charge in [-0.15, -0.1) is 0 Å².